The van der Waals surface area contributed by atoms with Gasteiger partial charge in [0, 0.05) is 6.07 Å². The summed E-state index contributed by atoms with van der Waals surface area (Å²) in [6.45, 7) is 4.17. The van der Waals surface area contributed by atoms with Crippen molar-refractivity contribution in [2.45, 2.75) is 20.5 Å². The Labute approximate surface area is 116 Å². The number of hydrogen-bond acceptors (Lipinski definition) is 3. The van der Waals surface area contributed by atoms with Gasteiger partial charge in [-0.1, -0.05) is 29.3 Å². The summed E-state index contributed by atoms with van der Waals surface area (Å²) in [6, 6.07) is 9.30. The molecule has 0 N–H and O–H groups in total. The second-order valence-electron chi connectivity index (χ2n) is 4.66. The lowest BCUT2D eigenvalue weighted by molar-refractivity contribution is -0.385. The monoisotopic (exact) mass is 275 g/mol. The predicted molar refractivity (Wildman–Crippen MR) is 73.3 cm³/mol. The van der Waals surface area contributed by atoms with E-state index < -0.39 is 10.7 Å². The van der Waals surface area contributed by atoms with Gasteiger partial charge < -0.3 is 4.74 Å². The summed E-state index contributed by atoms with van der Waals surface area (Å²) in [5.41, 5.74) is 2.85. The molecule has 2 aromatic rings. The van der Waals surface area contributed by atoms with Crippen molar-refractivity contribution in [2.24, 2.45) is 0 Å². The van der Waals surface area contributed by atoms with E-state index in [9.17, 15) is 14.5 Å². The summed E-state index contributed by atoms with van der Waals surface area (Å²) in [4.78, 5) is 9.87. The summed E-state index contributed by atoms with van der Waals surface area (Å²) in [5, 5.41) is 10.5. The third-order valence-electron chi connectivity index (χ3n) is 2.80. The van der Waals surface area contributed by atoms with Crippen LogP contribution in [-0.2, 0) is 6.61 Å². The zero-order chi connectivity index (χ0) is 14.7. The Balaban J connectivity index is 2.12. The molecule has 4 nitrogen and oxygen atoms in total. The third-order valence-corrected chi connectivity index (χ3v) is 2.80. The Morgan fingerprint density at radius 1 is 1.15 bits per heavy atom. The van der Waals surface area contributed by atoms with Crippen LogP contribution in [0.2, 0.25) is 0 Å². The van der Waals surface area contributed by atoms with Gasteiger partial charge in [0.1, 0.15) is 6.61 Å². The third kappa shape index (κ3) is 3.32. The van der Waals surface area contributed by atoms with E-state index in [1.165, 1.54) is 12.1 Å². The number of hydrogen-bond donors (Lipinski definition) is 0. The summed E-state index contributed by atoms with van der Waals surface area (Å²) >= 11 is 0. The Morgan fingerprint density at radius 3 is 2.35 bits per heavy atom. The number of nitro benzene ring substituents is 1. The molecule has 0 saturated heterocycles. The maximum atomic E-state index is 13.6. The molecule has 5 heteroatoms. The van der Waals surface area contributed by atoms with Crippen LogP contribution in [-0.4, -0.2) is 4.92 Å². The summed E-state index contributed by atoms with van der Waals surface area (Å²) < 4.78 is 19.0. The number of nitro groups is 1. The summed E-state index contributed by atoms with van der Waals surface area (Å²) in [6.07, 6.45) is 0. The maximum absolute atomic E-state index is 13.6. The van der Waals surface area contributed by atoms with Gasteiger partial charge in [-0.2, -0.15) is 0 Å². The predicted octanol–water partition coefficient (Wildman–Crippen LogP) is 3.93. The Hall–Kier alpha value is -2.43. The molecule has 2 aromatic carbocycles. The molecule has 0 saturated carbocycles. The molecule has 0 aromatic heterocycles. The number of benzene rings is 2. The highest BCUT2D eigenvalue weighted by Crippen LogP contribution is 2.23. The number of nitrogens with zero attached hydrogens (tertiary/aromatic N) is 1. The van der Waals surface area contributed by atoms with E-state index in [-0.39, 0.29) is 18.0 Å². The second-order valence-corrected chi connectivity index (χ2v) is 4.66. The summed E-state index contributed by atoms with van der Waals surface area (Å²) in [7, 11) is 0. The molecular formula is C15H14FNO3. The standard InChI is InChI=1S/C15H14FNO3/c1-10-5-11(2)7-12(6-10)9-20-15-4-3-13(17(18)19)8-14(15)16/h3-8H,9H2,1-2H3. The first-order valence-electron chi connectivity index (χ1n) is 6.09. The molecule has 0 bridgehead atoms. The molecule has 0 heterocycles. The van der Waals surface area contributed by atoms with Crippen LogP contribution in [0.1, 0.15) is 16.7 Å². The van der Waals surface area contributed by atoms with Crippen molar-refractivity contribution in [1.29, 1.82) is 0 Å². The van der Waals surface area contributed by atoms with E-state index in [1.54, 1.807) is 0 Å². The van der Waals surface area contributed by atoms with Crippen molar-refractivity contribution in [3.05, 3.63) is 69.0 Å². The smallest absolute Gasteiger partial charge is 0.272 e. The van der Waals surface area contributed by atoms with Crippen molar-refractivity contribution in [3.8, 4) is 5.75 Å². The van der Waals surface area contributed by atoms with Gasteiger partial charge in [0.25, 0.3) is 5.69 Å². The van der Waals surface area contributed by atoms with Crippen LogP contribution in [0.5, 0.6) is 5.75 Å². The van der Waals surface area contributed by atoms with Crippen LogP contribution in [0.3, 0.4) is 0 Å². The Kier molecular flexibility index (Phi) is 3.98. The number of aryl methyl sites for hydroxylation is 2. The molecule has 0 radical (unpaired) electrons. The van der Waals surface area contributed by atoms with Crippen molar-refractivity contribution >= 4 is 5.69 Å². The molecule has 104 valence electrons. The topological polar surface area (TPSA) is 52.4 Å². The van der Waals surface area contributed by atoms with E-state index in [4.69, 9.17) is 4.74 Å². The second kappa shape index (κ2) is 5.69. The minimum absolute atomic E-state index is 0.00904. The fourth-order valence-corrected chi connectivity index (χ4v) is 2.03. The zero-order valence-electron chi connectivity index (χ0n) is 11.2. The van der Waals surface area contributed by atoms with Crippen molar-refractivity contribution < 1.29 is 14.1 Å². The highest BCUT2D eigenvalue weighted by molar-refractivity contribution is 5.38. The molecule has 0 aliphatic heterocycles. The fourth-order valence-electron chi connectivity index (χ4n) is 2.03. The van der Waals surface area contributed by atoms with Gasteiger partial charge in [0.05, 0.1) is 11.0 Å². The molecule has 0 spiro atoms. The molecule has 0 aliphatic carbocycles. The largest absolute Gasteiger partial charge is 0.486 e. The minimum Gasteiger partial charge on any atom is -0.486 e. The van der Waals surface area contributed by atoms with E-state index >= 15 is 0 Å². The highest BCUT2D eigenvalue weighted by Gasteiger charge is 2.11. The van der Waals surface area contributed by atoms with Gasteiger partial charge in [-0.05, 0) is 25.5 Å². The van der Waals surface area contributed by atoms with E-state index in [1.807, 2.05) is 32.0 Å². The lowest BCUT2D eigenvalue weighted by Gasteiger charge is -2.08. The molecule has 0 atom stereocenters. The normalized spacial score (nSPS) is 10.3. The van der Waals surface area contributed by atoms with Crippen LogP contribution in [0.25, 0.3) is 0 Å². The average molecular weight is 275 g/mol. The van der Waals surface area contributed by atoms with Crippen molar-refractivity contribution in [3.63, 3.8) is 0 Å². The molecular weight excluding hydrogens is 261 g/mol. The number of rotatable bonds is 4. The number of non-ortho nitro benzene ring substituents is 1. The Morgan fingerprint density at radius 2 is 1.80 bits per heavy atom. The van der Waals surface area contributed by atoms with Crippen LogP contribution in [0.15, 0.2) is 36.4 Å². The van der Waals surface area contributed by atoms with Crippen molar-refractivity contribution in [2.75, 3.05) is 0 Å². The van der Waals surface area contributed by atoms with E-state index in [2.05, 4.69) is 0 Å². The van der Waals surface area contributed by atoms with Gasteiger partial charge >= 0.3 is 0 Å². The first-order chi connectivity index (χ1) is 9.45. The van der Waals surface area contributed by atoms with Gasteiger partial charge in [-0.15, -0.1) is 0 Å². The van der Waals surface area contributed by atoms with E-state index in [0.717, 1.165) is 22.8 Å². The molecule has 0 amide bonds. The average Bonchev–Trinajstić information content (AvgIpc) is 2.36. The van der Waals surface area contributed by atoms with Gasteiger partial charge in [-0.3, -0.25) is 10.1 Å². The fraction of sp³-hybridized carbons (Fsp3) is 0.200. The SMILES string of the molecule is Cc1cc(C)cc(COc2ccc([N+](=O)[O-])cc2F)c1. The van der Waals surface area contributed by atoms with Crippen molar-refractivity contribution in [1.82, 2.24) is 0 Å². The maximum Gasteiger partial charge on any atom is 0.272 e. The lowest BCUT2D eigenvalue weighted by atomic mass is 10.1. The lowest BCUT2D eigenvalue weighted by Crippen LogP contribution is -1.99. The quantitative estimate of drug-likeness (QED) is 0.627. The van der Waals surface area contributed by atoms with Crippen LogP contribution >= 0.6 is 0 Å². The van der Waals surface area contributed by atoms with E-state index in [0.29, 0.717) is 0 Å². The number of halogens is 1. The van der Waals surface area contributed by atoms with Gasteiger partial charge in [0.15, 0.2) is 11.6 Å². The molecule has 20 heavy (non-hydrogen) atoms. The molecule has 0 unspecified atom stereocenters. The van der Waals surface area contributed by atoms with Crippen LogP contribution < -0.4 is 4.74 Å². The minimum atomic E-state index is -0.733. The van der Waals surface area contributed by atoms with Gasteiger partial charge in [0.2, 0.25) is 0 Å². The first-order valence-corrected chi connectivity index (χ1v) is 6.09. The van der Waals surface area contributed by atoms with Crippen LogP contribution in [0.4, 0.5) is 10.1 Å². The molecule has 0 aliphatic rings. The van der Waals surface area contributed by atoms with Crippen LogP contribution in [0, 0.1) is 29.8 Å². The Bertz CT molecular complexity index is 635. The first kappa shape index (κ1) is 14.0. The number of ether oxygens (including phenoxy) is 1. The molecule has 2 rings (SSSR count). The molecule has 0 fully saturated rings. The summed E-state index contributed by atoms with van der Waals surface area (Å²) in [5.74, 6) is -0.724. The zero-order valence-corrected chi connectivity index (χ0v) is 11.2. The highest BCUT2D eigenvalue weighted by atomic mass is 19.1. The van der Waals surface area contributed by atoms with Gasteiger partial charge in [-0.25, -0.2) is 4.39 Å².